The van der Waals surface area contributed by atoms with E-state index < -0.39 is 5.97 Å². The Morgan fingerprint density at radius 1 is 0.946 bits per heavy atom. The number of hydrogen-bond donors (Lipinski definition) is 1. The molecule has 3 heterocycles. The van der Waals surface area contributed by atoms with Crippen molar-refractivity contribution >= 4 is 22.7 Å². The summed E-state index contributed by atoms with van der Waals surface area (Å²) in [6.07, 6.45) is 9.66. The highest BCUT2D eigenvalue weighted by molar-refractivity contribution is 6.07. The maximum Gasteiger partial charge on any atom is 0.306 e. The van der Waals surface area contributed by atoms with Crippen molar-refractivity contribution in [3.63, 3.8) is 0 Å². The Morgan fingerprint density at radius 2 is 1.68 bits per heavy atom. The van der Waals surface area contributed by atoms with Crippen LogP contribution in [0.4, 0.5) is 0 Å². The lowest BCUT2D eigenvalue weighted by Crippen LogP contribution is -2.50. The van der Waals surface area contributed by atoms with E-state index in [1.165, 1.54) is 0 Å². The van der Waals surface area contributed by atoms with Crippen LogP contribution in [0, 0.1) is 31.1 Å². The van der Waals surface area contributed by atoms with Gasteiger partial charge in [0.25, 0.3) is 0 Å². The topological polar surface area (TPSA) is 85.1 Å². The van der Waals surface area contributed by atoms with Gasteiger partial charge in [0.05, 0.1) is 17.0 Å². The summed E-state index contributed by atoms with van der Waals surface area (Å²) in [7, 11) is 0. The molecule has 6 heteroatoms. The van der Waals surface area contributed by atoms with E-state index in [1.807, 2.05) is 32.3 Å². The Labute approximate surface area is 216 Å². The number of aliphatic carboxylic acids is 1. The van der Waals surface area contributed by atoms with Crippen molar-refractivity contribution in [2.45, 2.75) is 52.5 Å². The van der Waals surface area contributed by atoms with Crippen molar-refractivity contribution < 1.29 is 14.7 Å². The van der Waals surface area contributed by atoms with E-state index >= 15 is 0 Å². The predicted octanol–water partition coefficient (Wildman–Crippen LogP) is 6.23. The fraction of sp³-hybridized carbons (Fsp3) is 0.355. The number of carboxylic acid groups (broad SMARTS) is 1. The molecule has 0 bridgehead atoms. The molecule has 1 N–H and O–H groups in total. The molecule has 188 valence electrons. The number of nitrogens with zero attached hydrogens (tertiary/aromatic N) is 3. The SMILES string of the molecule is Cc1ccc(-c2ccc(Cn3ccc4c(C)ncc(C(=O)CC5CC6(C5)CC(C(=O)O)C6)c43)cc2)cn1. The molecule has 2 aliphatic rings. The number of rotatable bonds is 7. The van der Waals surface area contributed by atoms with Gasteiger partial charge in [-0.15, -0.1) is 0 Å². The van der Waals surface area contributed by atoms with Crippen LogP contribution in [-0.2, 0) is 11.3 Å². The number of carboxylic acids is 1. The van der Waals surface area contributed by atoms with Crippen LogP contribution in [0.3, 0.4) is 0 Å². The van der Waals surface area contributed by atoms with Gasteiger partial charge in [-0.2, -0.15) is 0 Å². The highest BCUT2D eigenvalue weighted by Gasteiger charge is 2.54. The van der Waals surface area contributed by atoms with Crippen molar-refractivity contribution in [2.24, 2.45) is 17.3 Å². The van der Waals surface area contributed by atoms with E-state index in [9.17, 15) is 14.7 Å². The number of benzene rings is 1. The van der Waals surface area contributed by atoms with Crippen LogP contribution >= 0.6 is 0 Å². The Balaban J connectivity index is 1.19. The summed E-state index contributed by atoms with van der Waals surface area (Å²) < 4.78 is 2.16. The summed E-state index contributed by atoms with van der Waals surface area (Å²) in [6.45, 7) is 4.64. The van der Waals surface area contributed by atoms with Gasteiger partial charge >= 0.3 is 5.97 Å². The summed E-state index contributed by atoms with van der Waals surface area (Å²) in [4.78, 5) is 33.5. The van der Waals surface area contributed by atoms with Crippen LogP contribution in [0.15, 0.2) is 61.1 Å². The molecule has 6 nitrogen and oxygen atoms in total. The Hall–Kier alpha value is -3.80. The zero-order valence-electron chi connectivity index (χ0n) is 21.3. The highest BCUT2D eigenvalue weighted by Crippen LogP contribution is 2.62. The van der Waals surface area contributed by atoms with E-state index in [1.54, 1.807) is 6.20 Å². The second kappa shape index (κ2) is 8.94. The minimum atomic E-state index is -0.680. The van der Waals surface area contributed by atoms with E-state index in [0.29, 0.717) is 24.4 Å². The molecule has 0 atom stereocenters. The van der Waals surface area contributed by atoms with Crippen LogP contribution in [0.25, 0.3) is 22.0 Å². The zero-order chi connectivity index (χ0) is 25.7. The van der Waals surface area contributed by atoms with Crippen LogP contribution in [0.5, 0.6) is 0 Å². The van der Waals surface area contributed by atoms with Gasteiger partial charge < -0.3 is 9.67 Å². The number of Topliss-reactive ketones (excluding diaryl/α,β-unsaturated/α-hetero) is 1. The molecule has 1 spiro atoms. The summed E-state index contributed by atoms with van der Waals surface area (Å²) in [5.41, 5.74) is 7.12. The third-order valence-electron chi connectivity index (χ3n) is 8.47. The smallest absolute Gasteiger partial charge is 0.306 e. The lowest BCUT2D eigenvalue weighted by Gasteiger charge is -2.56. The molecule has 0 unspecified atom stereocenters. The first-order valence-electron chi connectivity index (χ1n) is 13.0. The Bertz CT molecular complexity index is 1490. The normalized spacial score (nSPS) is 22.5. The number of ketones is 1. The summed E-state index contributed by atoms with van der Waals surface area (Å²) in [5.74, 6) is -0.399. The minimum Gasteiger partial charge on any atom is -0.481 e. The Morgan fingerprint density at radius 3 is 2.35 bits per heavy atom. The largest absolute Gasteiger partial charge is 0.481 e. The van der Waals surface area contributed by atoms with Crippen LogP contribution < -0.4 is 0 Å². The maximum absolute atomic E-state index is 13.4. The average molecular weight is 494 g/mol. The molecule has 6 rings (SSSR count). The van der Waals surface area contributed by atoms with Gasteiger partial charge in [-0.25, -0.2) is 0 Å². The molecule has 2 aliphatic carbocycles. The molecule has 2 saturated carbocycles. The number of fused-ring (bicyclic) bond motifs is 1. The average Bonchev–Trinajstić information content (AvgIpc) is 3.25. The molecule has 3 aromatic heterocycles. The molecule has 0 radical (unpaired) electrons. The number of carbonyl (C=O) groups excluding carboxylic acids is 1. The number of aromatic nitrogens is 3. The molecule has 0 amide bonds. The quantitative estimate of drug-likeness (QED) is 0.309. The first-order valence-corrected chi connectivity index (χ1v) is 13.0. The molecule has 0 aliphatic heterocycles. The monoisotopic (exact) mass is 493 g/mol. The zero-order valence-corrected chi connectivity index (χ0v) is 21.3. The number of pyridine rings is 2. The number of hydrogen-bond acceptors (Lipinski definition) is 4. The fourth-order valence-corrected chi connectivity index (χ4v) is 6.51. The molecule has 1 aromatic carbocycles. The summed E-state index contributed by atoms with van der Waals surface area (Å²) in [6, 6.07) is 14.7. The molecule has 4 aromatic rings. The van der Waals surface area contributed by atoms with Crippen molar-refractivity contribution in [1.29, 1.82) is 0 Å². The molecule has 0 saturated heterocycles. The maximum atomic E-state index is 13.4. The molecular weight excluding hydrogens is 462 g/mol. The third-order valence-corrected chi connectivity index (χ3v) is 8.47. The molecular formula is C31H31N3O3. The van der Waals surface area contributed by atoms with Crippen molar-refractivity contribution in [2.75, 3.05) is 0 Å². The first-order chi connectivity index (χ1) is 17.8. The predicted molar refractivity (Wildman–Crippen MR) is 142 cm³/mol. The van der Waals surface area contributed by atoms with Gasteiger partial charge in [0, 0.05) is 53.9 Å². The van der Waals surface area contributed by atoms with Crippen LogP contribution in [-0.4, -0.2) is 31.4 Å². The van der Waals surface area contributed by atoms with E-state index in [4.69, 9.17) is 0 Å². The standard InChI is InChI=1S/C31H31N3O3/c1-19-3-6-24(16-32-19)23-7-4-21(5-8-23)18-34-10-9-26-20(2)33-17-27(29(26)34)28(35)11-22-12-31(13-22)14-25(15-31)30(36)37/h3-10,16-17,22,25H,11-15,18H2,1-2H3,(H,36,37). The van der Waals surface area contributed by atoms with E-state index in [-0.39, 0.29) is 17.1 Å². The van der Waals surface area contributed by atoms with Crippen LogP contribution in [0.1, 0.15) is 59.4 Å². The van der Waals surface area contributed by atoms with Gasteiger partial charge in [-0.1, -0.05) is 30.3 Å². The van der Waals surface area contributed by atoms with Crippen molar-refractivity contribution in [3.05, 3.63) is 83.6 Å². The fourth-order valence-electron chi connectivity index (χ4n) is 6.51. The Kier molecular flexibility index (Phi) is 5.70. The van der Waals surface area contributed by atoms with Gasteiger partial charge in [-0.3, -0.25) is 19.6 Å². The number of aryl methyl sites for hydroxylation is 2. The van der Waals surface area contributed by atoms with Gasteiger partial charge in [-0.05, 0) is 74.1 Å². The lowest BCUT2D eigenvalue weighted by atomic mass is 9.47. The van der Waals surface area contributed by atoms with Crippen molar-refractivity contribution in [3.8, 4) is 11.1 Å². The van der Waals surface area contributed by atoms with E-state index in [0.717, 1.165) is 64.7 Å². The minimum absolute atomic E-state index is 0.133. The van der Waals surface area contributed by atoms with E-state index in [2.05, 4.69) is 50.9 Å². The second-order valence-corrected chi connectivity index (χ2v) is 11.2. The third kappa shape index (κ3) is 4.35. The van der Waals surface area contributed by atoms with Crippen molar-refractivity contribution in [1.82, 2.24) is 14.5 Å². The number of carbonyl (C=O) groups is 2. The van der Waals surface area contributed by atoms with Gasteiger partial charge in [0.15, 0.2) is 5.78 Å². The van der Waals surface area contributed by atoms with Crippen LogP contribution in [0.2, 0.25) is 0 Å². The first kappa shape index (κ1) is 23.6. The highest BCUT2D eigenvalue weighted by atomic mass is 16.4. The second-order valence-electron chi connectivity index (χ2n) is 11.2. The van der Waals surface area contributed by atoms with Gasteiger partial charge in [0.2, 0.25) is 0 Å². The molecule has 2 fully saturated rings. The lowest BCUT2D eigenvalue weighted by molar-refractivity contribution is -0.157. The molecule has 37 heavy (non-hydrogen) atoms. The summed E-state index contributed by atoms with van der Waals surface area (Å²) in [5, 5.41) is 10.2. The summed E-state index contributed by atoms with van der Waals surface area (Å²) >= 11 is 0. The van der Waals surface area contributed by atoms with Gasteiger partial charge in [0.1, 0.15) is 0 Å².